The number of rotatable bonds is 4. The lowest BCUT2D eigenvalue weighted by atomic mass is 9.71. The molecule has 0 unspecified atom stereocenters. The van der Waals surface area contributed by atoms with Gasteiger partial charge in [-0.05, 0) is 36.6 Å². The minimum absolute atomic E-state index is 0.0245. The zero-order valence-electron chi connectivity index (χ0n) is 18.6. The highest BCUT2D eigenvalue weighted by Gasteiger charge is 2.70. The van der Waals surface area contributed by atoms with Crippen LogP contribution in [0.15, 0.2) is 41.6 Å². The van der Waals surface area contributed by atoms with E-state index in [-0.39, 0.29) is 48.4 Å². The molecular weight excluding hydrogens is 440 g/mol. The molecule has 2 aliphatic carbocycles. The Morgan fingerprint density at radius 3 is 2.50 bits per heavy atom. The van der Waals surface area contributed by atoms with Crippen molar-refractivity contribution in [2.75, 3.05) is 25.9 Å². The molecule has 0 N–H and O–H groups in total. The lowest BCUT2D eigenvalue weighted by molar-refractivity contribution is -0.125. The molecule has 3 fully saturated rings. The zero-order valence-corrected chi connectivity index (χ0v) is 18.6. The number of fused-ring (bicyclic) bond motifs is 9. The Morgan fingerprint density at radius 2 is 1.71 bits per heavy atom. The fourth-order valence-electron chi connectivity index (χ4n) is 6.64. The minimum Gasteiger partial charge on any atom is -0.497 e. The first-order chi connectivity index (χ1) is 16.6. The maximum atomic E-state index is 13.6. The summed E-state index contributed by atoms with van der Waals surface area (Å²) in [7, 11) is 3.21. The quantitative estimate of drug-likeness (QED) is 0.645. The summed E-state index contributed by atoms with van der Waals surface area (Å²) in [6.45, 7) is 0.133. The lowest BCUT2D eigenvalue weighted by Crippen LogP contribution is -2.41. The SMILES string of the molecule is COc1ccc(C2=NO[C@@H]3[C@@H]4C[C@@H]([C@H]5C(=O)N(c6ccc7c(c6)OCO7)C(=O)[C@@H]45)[C@H]23)c(OC)c1. The van der Waals surface area contributed by atoms with E-state index in [1.54, 1.807) is 32.4 Å². The molecule has 1 saturated heterocycles. The first-order valence-electron chi connectivity index (χ1n) is 11.3. The number of carbonyl (C=O) groups excluding carboxylic acids is 2. The summed E-state index contributed by atoms with van der Waals surface area (Å²) >= 11 is 0. The van der Waals surface area contributed by atoms with Gasteiger partial charge in [-0.25, -0.2) is 4.90 Å². The fraction of sp³-hybridized carbons (Fsp3) is 0.400. The van der Waals surface area contributed by atoms with E-state index >= 15 is 0 Å². The van der Waals surface area contributed by atoms with Crippen LogP contribution in [0.2, 0.25) is 0 Å². The molecule has 5 aliphatic rings. The van der Waals surface area contributed by atoms with E-state index in [4.69, 9.17) is 23.8 Å². The number of amides is 2. The van der Waals surface area contributed by atoms with E-state index in [2.05, 4.69) is 5.16 Å². The lowest BCUT2D eigenvalue weighted by Gasteiger charge is -2.30. The Morgan fingerprint density at radius 1 is 0.912 bits per heavy atom. The second kappa shape index (κ2) is 6.88. The molecule has 9 heteroatoms. The predicted octanol–water partition coefficient (Wildman–Crippen LogP) is 2.61. The zero-order chi connectivity index (χ0) is 23.1. The van der Waals surface area contributed by atoms with Crippen LogP contribution in [0, 0.1) is 29.6 Å². The summed E-state index contributed by atoms with van der Waals surface area (Å²) in [5.74, 6) is 1.22. The highest BCUT2D eigenvalue weighted by Crippen LogP contribution is 2.62. The molecule has 3 heterocycles. The molecule has 2 saturated carbocycles. The standard InChI is InChI=1S/C25H22N2O7/c1-30-12-4-5-13(17(8-12)31-2)22-21-14-9-15(23(21)34-26-22)20-19(14)24(28)27(25(20)29)11-3-6-16-18(7-11)33-10-32-16/h3-8,14-15,19-21,23H,9-10H2,1-2H3/t14-,15+,19+,20-,21+,23+/m0/s1. The van der Waals surface area contributed by atoms with Crippen molar-refractivity contribution in [3.8, 4) is 23.0 Å². The molecule has 0 aromatic heterocycles. The van der Waals surface area contributed by atoms with Gasteiger partial charge in [-0.15, -0.1) is 0 Å². The van der Waals surface area contributed by atoms with Crippen LogP contribution in [0.1, 0.15) is 12.0 Å². The molecule has 174 valence electrons. The molecule has 7 rings (SSSR count). The van der Waals surface area contributed by atoms with Crippen molar-refractivity contribution in [1.82, 2.24) is 0 Å². The van der Waals surface area contributed by atoms with Gasteiger partial charge in [0.05, 0.1) is 37.5 Å². The molecular formula is C25H22N2O7. The molecule has 0 spiro atoms. The van der Waals surface area contributed by atoms with Gasteiger partial charge in [0.15, 0.2) is 11.5 Å². The largest absolute Gasteiger partial charge is 0.497 e. The van der Waals surface area contributed by atoms with Crippen LogP contribution in [0.3, 0.4) is 0 Å². The van der Waals surface area contributed by atoms with E-state index in [1.165, 1.54) is 4.90 Å². The Labute approximate surface area is 195 Å². The van der Waals surface area contributed by atoms with Crippen molar-refractivity contribution < 1.29 is 33.4 Å². The molecule has 3 aliphatic heterocycles. The topological polar surface area (TPSA) is 95.9 Å². The number of nitrogens with zero attached hydrogens (tertiary/aromatic N) is 2. The third kappa shape index (κ3) is 2.41. The Kier molecular flexibility index (Phi) is 3.99. The van der Waals surface area contributed by atoms with E-state index in [0.29, 0.717) is 28.7 Å². The average Bonchev–Trinajstić information content (AvgIpc) is 3.65. The van der Waals surface area contributed by atoms with Crippen LogP contribution in [-0.2, 0) is 14.4 Å². The Hall–Kier alpha value is -3.75. The van der Waals surface area contributed by atoms with Crippen LogP contribution in [-0.4, -0.2) is 44.6 Å². The number of hydrogen-bond donors (Lipinski definition) is 0. The summed E-state index contributed by atoms with van der Waals surface area (Å²) in [5, 5.41) is 4.42. The van der Waals surface area contributed by atoms with Gasteiger partial charge in [-0.2, -0.15) is 0 Å². The maximum absolute atomic E-state index is 13.6. The molecule has 2 aromatic rings. The average molecular weight is 462 g/mol. The van der Waals surface area contributed by atoms with Crippen LogP contribution in [0.4, 0.5) is 5.69 Å². The predicted molar refractivity (Wildman–Crippen MR) is 118 cm³/mol. The monoisotopic (exact) mass is 462 g/mol. The third-order valence-electron chi connectivity index (χ3n) is 7.99. The van der Waals surface area contributed by atoms with Gasteiger partial charge in [0.25, 0.3) is 0 Å². The van der Waals surface area contributed by atoms with E-state index in [0.717, 1.165) is 17.7 Å². The molecule has 2 amide bonds. The van der Waals surface area contributed by atoms with Crippen molar-refractivity contribution in [3.05, 3.63) is 42.0 Å². The third-order valence-corrected chi connectivity index (χ3v) is 7.99. The highest BCUT2D eigenvalue weighted by atomic mass is 16.7. The van der Waals surface area contributed by atoms with E-state index < -0.39 is 5.92 Å². The van der Waals surface area contributed by atoms with Crippen molar-refractivity contribution in [2.45, 2.75) is 12.5 Å². The molecule has 2 aromatic carbocycles. The van der Waals surface area contributed by atoms with Crippen molar-refractivity contribution in [3.63, 3.8) is 0 Å². The second-order valence-electron chi connectivity index (χ2n) is 9.30. The fourth-order valence-corrected chi connectivity index (χ4v) is 6.64. The van der Waals surface area contributed by atoms with Gasteiger partial charge in [-0.1, -0.05) is 5.16 Å². The number of imide groups is 1. The highest BCUT2D eigenvalue weighted by molar-refractivity contribution is 6.23. The number of carbonyl (C=O) groups is 2. The number of hydrogen-bond acceptors (Lipinski definition) is 8. The summed E-state index contributed by atoms with van der Waals surface area (Å²) in [5.41, 5.74) is 2.12. The number of benzene rings is 2. The number of methoxy groups -OCH3 is 2. The summed E-state index contributed by atoms with van der Waals surface area (Å²) in [4.78, 5) is 34.4. The van der Waals surface area contributed by atoms with Crippen LogP contribution in [0.25, 0.3) is 0 Å². The summed E-state index contributed by atoms with van der Waals surface area (Å²) < 4.78 is 21.7. The van der Waals surface area contributed by atoms with Crippen molar-refractivity contribution >= 4 is 23.2 Å². The minimum atomic E-state index is -0.392. The summed E-state index contributed by atoms with van der Waals surface area (Å²) in [6, 6.07) is 10.8. The molecule has 2 bridgehead atoms. The van der Waals surface area contributed by atoms with Crippen LogP contribution >= 0.6 is 0 Å². The normalized spacial score (nSPS) is 31.9. The van der Waals surface area contributed by atoms with Crippen molar-refractivity contribution in [1.29, 1.82) is 0 Å². The van der Waals surface area contributed by atoms with Gasteiger partial charge in [0.1, 0.15) is 17.6 Å². The number of oxime groups is 1. The van der Waals surface area contributed by atoms with Crippen LogP contribution < -0.4 is 23.8 Å². The van der Waals surface area contributed by atoms with Gasteiger partial charge < -0.3 is 23.8 Å². The second-order valence-corrected chi connectivity index (χ2v) is 9.30. The van der Waals surface area contributed by atoms with Gasteiger partial charge in [-0.3, -0.25) is 9.59 Å². The van der Waals surface area contributed by atoms with Gasteiger partial charge in [0.2, 0.25) is 18.6 Å². The molecule has 34 heavy (non-hydrogen) atoms. The molecule has 6 atom stereocenters. The maximum Gasteiger partial charge on any atom is 0.238 e. The van der Waals surface area contributed by atoms with Gasteiger partial charge in [0, 0.05) is 29.5 Å². The molecule has 9 nitrogen and oxygen atoms in total. The Balaban J connectivity index is 1.23. The molecule has 0 radical (unpaired) electrons. The summed E-state index contributed by atoms with van der Waals surface area (Å²) in [6.07, 6.45) is 0.552. The smallest absolute Gasteiger partial charge is 0.238 e. The first kappa shape index (κ1) is 19.7. The Bertz CT molecular complexity index is 1270. The first-order valence-corrected chi connectivity index (χ1v) is 11.3. The van der Waals surface area contributed by atoms with Crippen molar-refractivity contribution in [2.24, 2.45) is 34.7 Å². The van der Waals surface area contributed by atoms with E-state index in [1.807, 2.05) is 18.2 Å². The van der Waals surface area contributed by atoms with Crippen LogP contribution in [0.5, 0.6) is 23.0 Å². The van der Waals surface area contributed by atoms with E-state index in [9.17, 15) is 9.59 Å². The van der Waals surface area contributed by atoms with Gasteiger partial charge >= 0.3 is 0 Å². The number of ether oxygens (including phenoxy) is 4. The number of anilines is 1.